The van der Waals surface area contributed by atoms with E-state index in [0.717, 1.165) is 37.2 Å². The van der Waals surface area contributed by atoms with Crippen LogP contribution in [-0.4, -0.2) is 23.2 Å². The molecule has 3 rings (SSSR count). The van der Waals surface area contributed by atoms with Crippen molar-refractivity contribution in [1.82, 2.24) is 4.90 Å². The minimum Gasteiger partial charge on any atom is -0.295 e. The summed E-state index contributed by atoms with van der Waals surface area (Å²) in [6.07, 6.45) is 6.02. The van der Waals surface area contributed by atoms with Crippen LogP contribution in [0.25, 0.3) is 6.08 Å². The fraction of sp³-hybridized carbons (Fsp3) is 0.333. The summed E-state index contributed by atoms with van der Waals surface area (Å²) in [6.45, 7) is 0.789. The van der Waals surface area contributed by atoms with Crippen molar-refractivity contribution < 1.29 is 4.79 Å². The molecule has 4 heteroatoms. The molecule has 19 heavy (non-hydrogen) atoms. The number of halogens is 1. The molecular formula is C15H15ClN2O. The number of nitrogens with zero attached hydrogens (tertiary/aromatic N) is 2. The van der Waals surface area contributed by atoms with E-state index in [4.69, 9.17) is 11.6 Å². The van der Waals surface area contributed by atoms with Gasteiger partial charge in [0.25, 0.3) is 5.91 Å². The molecule has 0 N–H and O–H groups in total. The highest BCUT2D eigenvalue weighted by Crippen LogP contribution is 2.26. The molecule has 0 bridgehead atoms. The molecule has 0 radical (unpaired) electrons. The van der Waals surface area contributed by atoms with Gasteiger partial charge in [0.05, 0.1) is 0 Å². The van der Waals surface area contributed by atoms with Crippen LogP contribution in [0.2, 0.25) is 5.02 Å². The van der Waals surface area contributed by atoms with Crippen molar-refractivity contribution in [2.45, 2.75) is 25.7 Å². The second-order valence-electron chi connectivity index (χ2n) is 4.85. The van der Waals surface area contributed by atoms with E-state index in [-0.39, 0.29) is 5.91 Å². The molecule has 1 fully saturated rings. The predicted molar refractivity (Wildman–Crippen MR) is 77.0 cm³/mol. The van der Waals surface area contributed by atoms with Crippen LogP contribution < -0.4 is 0 Å². The summed E-state index contributed by atoms with van der Waals surface area (Å²) in [7, 11) is 0. The first kappa shape index (κ1) is 12.4. The zero-order valence-corrected chi connectivity index (χ0v) is 11.4. The molecule has 3 nitrogen and oxygen atoms in total. The third-order valence-corrected chi connectivity index (χ3v) is 3.85. The quantitative estimate of drug-likeness (QED) is 0.722. The Morgan fingerprint density at radius 3 is 2.89 bits per heavy atom. The number of fused-ring (bicyclic) bond motifs is 1. The summed E-state index contributed by atoms with van der Waals surface area (Å²) in [5.74, 6) is 0.928. The average molecular weight is 275 g/mol. The van der Waals surface area contributed by atoms with Crippen molar-refractivity contribution in [3.05, 3.63) is 40.5 Å². The summed E-state index contributed by atoms with van der Waals surface area (Å²) >= 11 is 6.11. The second kappa shape index (κ2) is 5.17. The summed E-state index contributed by atoms with van der Waals surface area (Å²) in [6, 6.07) is 7.49. The fourth-order valence-electron chi connectivity index (χ4n) is 2.49. The largest absolute Gasteiger partial charge is 0.295 e. The van der Waals surface area contributed by atoms with Gasteiger partial charge in [-0.05, 0) is 30.5 Å². The standard InChI is InChI=1S/C15H15ClN2O/c16-12-7-4-3-6-11(12)10-13-15(19)18-9-5-1-2-8-14(18)17-13/h3-4,6-7,10H,1-2,5,8-9H2/b13-10-. The van der Waals surface area contributed by atoms with Crippen molar-refractivity contribution in [1.29, 1.82) is 0 Å². The van der Waals surface area contributed by atoms with Crippen LogP contribution in [0.4, 0.5) is 0 Å². The maximum atomic E-state index is 12.3. The van der Waals surface area contributed by atoms with Gasteiger partial charge in [-0.15, -0.1) is 0 Å². The van der Waals surface area contributed by atoms with Gasteiger partial charge in [-0.1, -0.05) is 36.2 Å². The molecule has 98 valence electrons. The first-order valence-electron chi connectivity index (χ1n) is 6.61. The van der Waals surface area contributed by atoms with Crippen LogP contribution in [0.3, 0.4) is 0 Å². The van der Waals surface area contributed by atoms with Crippen molar-refractivity contribution in [2.75, 3.05) is 6.54 Å². The van der Waals surface area contributed by atoms with E-state index in [1.807, 2.05) is 29.2 Å². The Labute approximate surface area is 117 Å². The number of amides is 1. The van der Waals surface area contributed by atoms with Crippen LogP contribution in [0.5, 0.6) is 0 Å². The SMILES string of the molecule is O=C1/C(=C/c2ccccc2Cl)N=C2CCCCCN12. The molecule has 0 aromatic heterocycles. The van der Waals surface area contributed by atoms with Crippen LogP contribution in [0.1, 0.15) is 31.2 Å². The fourth-order valence-corrected chi connectivity index (χ4v) is 2.68. The number of hydrogen-bond donors (Lipinski definition) is 0. The van der Waals surface area contributed by atoms with Gasteiger partial charge < -0.3 is 0 Å². The Morgan fingerprint density at radius 2 is 2.05 bits per heavy atom. The third-order valence-electron chi connectivity index (χ3n) is 3.50. The van der Waals surface area contributed by atoms with Gasteiger partial charge in [-0.2, -0.15) is 0 Å². The number of carbonyl (C=O) groups is 1. The molecule has 0 spiro atoms. The van der Waals surface area contributed by atoms with Crippen LogP contribution in [-0.2, 0) is 4.79 Å². The molecule has 1 aromatic carbocycles. The topological polar surface area (TPSA) is 32.7 Å². The van der Waals surface area contributed by atoms with Crippen LogP contribution in [0.15, 0.2) is 35.0 Å². The summed E-state index contributed by atoms with van der Waals surface area (Å²) in [5.41, 5.74) is 1.35. The third kappa shape index (κ3) is 2.43. The van der Waals surface area contributed by atoms with Crippen molar-refractivity contribution >= 4 is 29.4 Å². The van der Waals surface area contributed by atoms with E-state index in [9.17, 15) is 4.79 Å². The monoisotopic (exact) mass is 274 g/mol. The smallest absolute Gasteiger partial charge is 0.277 e. The lowest BCUT2D eigenvalue weighted by Gasteiger charge is -2.14. The van der Waals surface area contributed by atoms with Gasteiger partial charge in [0.2, 0.25) is 0 Å². The molecule has 0 atom stereocenters. The Hall–Kier alpha value is -1.61. The minimum atomic E-state index is 0.0109. The van der Waals surface area contributed by atoms with Crippen molar-refractivity contribution in [3.63, 3.8) is 0 Å². The highest BCUT2D eigenvalue weighted by molar-refractivity contribution is 6.32. The van der Waals surface area contributed by atoms with E-state index in [2.05, 4.69) is 4.99 Å². The Bertz CT molecular complexity index is 577. The van der Waals surface area contributed by atoms with E-state index in [1.165, 1.54) is 6.42 Å². The number of amidine groups is 1. The Balaban J connectivity index is 1.94. The van der Waals surface area contributed by atoms with Gasteiger partial charge in [0.15, 0.2) is 0 Å². The Morgan fingerprint density at radius 1 is 1.21 bits per heavy atom. The molecule has 2 heterocycles. The van der Waals surface area contributed by atoms with Crippen LogP contribution in [0, 0.1) is 0 Å². The zero-order valence-electron chi connectivity index (χ0n) is 10.6. The molecule has 1 amide bonds. The molecule has 0 aliphatic carbocycles. The highest BCUT2D eigenvalue weighted by Gasteiger charge is 2.30. The molecule has 2 aliphatic rings. The van der Waals surface area contributed by atoms with Gasteiger partial charge in [-0.25, -0.2) is 4.99 Å². The van der Waals surface area contributed by atoms with Gasteiger partial charge in [0.1, 0.15) is 11.5 Å². The first-order chi connectivity index (χ1) is 9.25. The Kier molecular flexibility index (Phi) is 3.38. The zero-order chi connectivity index (χ0) is 13.2. The normalized spacial score (nSPS) is 21.3. The number of aliphatic imine (C=N–C) groups is 1. The van der Waals surface area contributed by atoms with E-state index in [1.54, 1.807) is 6.08 Å². The maximum absolute atomic E-state index is 12.3. The predicted octanol–water partition coefficient (Wildman–Crippen LogP) is 3.50. The number of carbonyl (C=O) groups excluding carboxylic acids is 1. The van der Waals surface area contributed by atoms with Crippen LogP contribution >= 0.6 is 11.6 Å². The van der Waals surface area contributed by atoms with Gasteiger partial charge in [-0.3, -0.25) is 9.69 Å². The summed E-state index contributed by atoms with van der Waals surface area (Å²) in [5, 5.41) is 0.644. The van der Waals surface area contributed by atoms with Crippen molar-refractivity contribution in [2.24, 2.45) is 4.99 Å². The minimum absolute atomic E-state index is 0.0109. The molecule has 0 unspecified atom stereocenters. The molecule has 0 saturated carbocycles. The van der Waals surface area contributed by atoms with E-state index < -0.39 is 0 Å². The van der Waals surface area contributed by atoms with Gasteiger partial charge in [0, 0.05) is 18.0 Å². The lowest BCUT2D eigenvalue weighted by Crippen LogP contribution is -2.31. The van der Waals surface area contributed by atoms with E-state index in [0.29, 0.717) is 10.7 Å². The lowest BCUT2D eigenvalue weighted by molar-refractivity contribution is -0.122. The van der Waals surface area contributed by atoms with Crippen molar-refractivity contribution in [3.8, 4) is 0 Å². The number of hydrogen-bond acceptors (Lipinski definition) is 2. The molecular weight excluding hydrogens is 260 g/mol. The summed E-state index contributed by atoms with van der Waals surface area (Å²) < 4.78 is 0. The molecule has 1 saturated heterocycles. The highest BCUT2D eigenvalue weighted by atomic mass is 35.5. The molecule has 2 aliphatic heterocycles. The number of rotatable bonds is 1. The maximum Gasteiger partial charge on any atom is 0.277 e. The van der Waals surface area contributed by atoms with E-state index >= 15 is 0 Å². The lowest BCUT2D eigenvalue weighted by atomic mass is 10.2. The number of benzene rings is 1. The first-order valence-corrected chi connectivity index (χ1v) is 6.99. The molecule has 1 aromatic rings. The van der Waals surface area contributed by atoms with Gasteiger partial charge >= 0.3 is 0 Å². The second-order valence-corrected chi connectivity index (χ2v) is 5.25. The average Bonchev–Trinajstić information content (AvgIpc) is 2.60. The summed E-state index contributed by atoms with van der Waals surface area (Å²) in [4.78, 5) is 18.6.